The highest BCUT2D eigenvalue weighted by Crippen LogP contribution is 2.27. The van der Waals surface area contributed by atoms with Crippen LogP contribution in [0.2, 0.25) is 5.02 Å². The topological polar surface area (TPSA) is 61.4 Å². The first-order valence-electron chi connectivity index (χ1n) is 8.74. The number of anilines is 2. The third-order valence-corrected chi connectivity index (χ3v) is 4.73. The largest absolute Gasteiger partial charge is 0.325 e. The Balaban J connectivity index is 1.68. The highest BCUT2D eigenvalue weighted by Gasteiger charge is 2.35. The van der Waals surface area contributed by atoms with Crippen LogP contribution >= 0.6 is 11.6 Å². The van der Waals surface area contributed by atoms with Crippen molar-refractivity contribution in [3.05, 3.63) is 59.1 Å². The maximum atomic E-state index is 12.7. The molecule has 0 aliphatic carbocycles. The van der Waals surface area contributed by atoms with E-state index in [1.54, 1.807) is 29.2 Å². The molecular formula is C20H22ClN3O2. The Bertz CT molecular complexity index is 792. The maximum Gasteiger partial charge on any atom is 0.229 e. The van der Waals surface area contributed by atoms with E-state index in [-0.39, 0.29) is 24.2 Å². The molecule has 0 bridgehead atoms. The molecule has 0 aromatic heterocycles. The Morgan fingerprint density at radius 1 is 1.19 bits per heavy atom. The van der Waals surface area contributed by atoms with Crippen molar-refractivity contribution in [1.29, 1.82) is 0 Å². The van der Waals surface area contributed by atoms with Crippen molar-refractivity contribution >= 4 is 34.8 Å². The van der Waals surface area contributed by atoms with Crippen molar-refractivity contribution in [3.8, 4) is 0 Å². The maximum absolute atomic E-state index is 12.7. The van der Waals surface area contributed by atoms with Gasteiger partial charge >= 0.3 is 0 Å². The second kappa shape index (κ2) is 8.34. The molecule has 136 valence electrons. The minimum absolute atomic E-state index is 0.0478. The molecule has 2 aromatic rings. The van der Waals surface area contributed by atoms with Crippen LogP contribution in [0.5, 0.6) is 0 Å². The normalized spacial score (nSPS) is 16.8. The van der Waals surface area contributed by atoms with Crippen molar-refractivity contribution in [2.24, 2.45) is 5.92 Å². The number of carbonyl (C=O) groups is 2. The van der Waals surface area contributed by atoms with E-state index in [0.29, 0.717) is 18.1 Å². The summed E-state index contributed by atoms with van der Waals surface area (Å²) in [7, 11) is 0. The summed E-state index contributed by atoms with van der Waals surface area (Å²) in [5, 5.41) is 6.87. The number of nitrogens with zero attached hydrogens (tertiary/aromatic N) is 1. The molecule has 1 heterocycles. The van der Waals surface area contributed by atoms with Gasteiger partial charge in [-0.15, -0.1) is 0 Å². The Labute approximate surface area is 158 Å². The zero-order valence-electron chi connectivity index (χ0n) is 14.7. The lowest BCUT2D eigenvalue weighted by atomic mass is 10.1. The number of rotatable bonds is 6. The number of carbonyl (C=O) groups excluding carboxylic acids is 2. The summed E-state index contributed by atoms with van der Waals surface area (Å²) in [5.74, 6) is -0.544. The molecular weight excluding hydrogens is 350 g/mol. The predicted octanol–water partition coefficient (Wildman–Crippen LogP) is 3.44. The molecule has 6 heteroatoms. The summed E-state index contributed by atoms with van der Waals surface area (Å²) in [6.07, 6.45) is 0.212. The van der Waals surface area contributed by atoms with Gasteiger partial charge in [0.05, 0.1) is 5.92 Å². The molecule has 1 unspecified atom stereocenters. The van der Waals surface area contributed by atoms with Gasteiger partial charge in [0.1, 0.15) is 0 Å². The molecule has 2 amide bonds. The summed E-state index contributed by atoms with van der Waals surface area (Å²) in [6, 6.07) is 14.8. The number of benzene rings is 2. The van der Waals surface area contributed by atoms with Gasteiger partial charge in [0.2, 0.25) is 11.8 Å². The van der Waals surface area contributed by atoms with Gasteiger partial charge in [0.15, 0.2) is 0 Å². The van der Waals surface area contributed by atoms with E-state index in [9.17, 15) is 9.59 Å². The standard InChI is InChI=1S/C20H22ClN3O2/c1-2-22-12-14-5-3-4-6-18(14)23-20(26)15-11-19(25)24(13-15)17-9-7-16(21)8-10-17/h3-10,15,22H,2,11-13H2,1H3,(H,23,26). The van der Waals surface area contributed by atoms with Crippen LogP contribution < -0.4 is 15.5 Å². The fourth-order valence-electron chi connectivity index (χ4n) is 3.04. The molecule has 1 atom stereocenters. The molecule has 3 rings (SSSR count). The van der Waals surface area contributed by atoms with E-state index in [0.717, 1.165) is 23.5 Å². The summed E-state index contributed by atoms with van der Waals surface area (Å²) in [6.45, 7) is 3.96. The van der Waals surface area contributed by atoms with Crippen molar-refractivity contribution in [2.45, 2.75) is 19.9 Å². The molecule has 5 nitrogen and oxygen atoms in total. The number of hydrogen-bond donors (Lipinski definition) is 2. The smallest absolute Gasteiger partial charge is 0.229 e. The fraction of sp³-hybridized carbons (Fsp3) is 0.300. The van der Waals surface area contributed by atoms with Gasteiger partial charge in [-0.05, 0) is 42.4 Å². The third-order valence-electron chi connectivity index (χ3n) is 4.47. The number of nitrogens with one attached hydrogen (secondary N) is 2. The van der Waals surface area contributed by atoms with Gasteiger partial charge in [-0.2, -0.15) is 0 Å². The van der Waals surface area contributed by atoms with Crippen molar-refractivity contribution in [2.75, 3.05) is 23.3 Å². The molecule has 1 fully saturated rings. The third kappa shape index (κ3) is 4.23. The van der Waals surface area contributed by atoms with E-state index in [2.05, 4.69) is 10.6 Å². The first kappa shape index (κ1) is 18.4. The minimum Gasteiger partial charge on any atom is -0.325 e. The number of halogens is 1. The Hall–Kier alpha value is -2.37. The fourth-order valence-corrected chi connectivity index (χ4v) is 3.17. The van der Waals surface area contributed by atoms with E-state index in [1.807, 2.05) is 31.2 Å². The molecule has 26 heavy (non-hydrogen) atoms. The first-order chi connectivity index (χ1) is 12.6. The Morgan fingerprint density at radius 3 is 2.65 bits per heavy atom. The second-order valence-corrected chi connectivity index (χ2v) is 6.74. The van der Waals surface area contributed by atoms with Gasteiger partial charge in [0, 0.05) is 35.9 Å². The van der Waals surface area contributed by atoms with Crippen LogP contribution in [-0.4, -0.2) is 24.9 Å². The van der Waals surface area contributed by atoms with Gasteiger partial charge < -0.3 is 15.5 Å². The van der Waals surface area contributed by atoms with E-state index in [1.165, 1.54) is 0 Å². The molecule has 0 spiro atoms. The van der Waals surface area contributed by atoms with Gasteiger partial charge in [-0.25, -0.2) is 0 Å². The van der Waals surface area contributed by atoms with Crippen LogP contribution in [0.3, 0.4) is 0 Å². The van der Waals surface area contributed by atoms with E-state index in [4.69, 9.17) is 11.6 Å². The van der Waals surface area contributed by atoms with Crippen LogP contribution in [0.1, 0.15) is 18.9 Å². The summed E-state index contributed by atoms with van der Waals surface area (Å²) in [5.41, 5.74) is 2.58. The molecule has 1 saturated heterocycles. The average molecular weight is 372 g/mol. The van der Waals surface area contributed by atoms with Crippen LogP contribution in [0.25, 0.3) is 0 Å². The monoisotopic (exact) mass is 371 g/mol. The highest BCUT2D eigenvalue weighted by molar-refractivity contribution is 6.30. The highest BCUT2D eigenvalue weighted by atomic mass is 35.5. The molecule has 0 radical (unpaired) electrons. The number of para-hydroxylation sites is 1. The molecule has 2 N–H and O–H groups in total. The van der Waals surface area contributed by atoms with Crippen LogP contribution in [-0.2, 0) is 16.1 Å². The Morgan fingerprint density at radius 2 is 1.92 bits per heavy atom. The van der Waals surface area contributed by atoms with Gasteiger partial charge in [-0.1, -0.05) is 36.7 Å². The summed E-state index contributed by atoms with van der Waals surface area (Å²) < 4.78 is 0. The second-order valence-electron chi connectivity index (χ2n) is 6.31. The zero-order valence-corrected chi connectivity index (χ0v) is 15.4. The lowest BCUT2D eigenvalue weighted by molar-refractivity contribution is -0.122. The molecule has 0 saturated carbocycles. The Kier molecular flexibility index (Phi) is 5.91. The molecule has 2 aromatic carbocycles. The SMILES string of the molecule is CCNCc1ccccc1NC(=O)C1CC(=O)N(c2ccc(Cl)cc2)C1. The average Bonchev–Trinajstić information content (AvgIpc) is 3.03. The van der Waals surface area contributed by atoms with E-state index < -0.39 is 0 Å². The quantitative estimate of drug-likeness (QED) is 0.817. The molecule has 1 aliphatic heterocycles. The van der Waals surface area contributed by atoms with E-state index >= 15 is 0 Å². The lowest BCUT2D eigenvalue weighted by Crippen LogP contribution is -2.28. The van der Waals surface area contributed by atoms with Crippen molar-refractivity contribution in [1.82, 2.24) is 5.32 Å². The summed E-state index contributed by atoms with van der Waals surface area (Å²) >= 11 is 5.90. The van der Waals surface area contributed by atoms with Crippen molar-refractivity contribution in [3.63, 3.8) is 0 Å². The predicted molar refractivity (Wildman–Crippen MR) is 104 cm³/mol. The lowest BCUT2D eigenvalue weighted by Gasteiger charge is -2.17. The molecule has 1 aliphatic rings. The minimum atomic E-state index is -0.370. The van der Waals surface area contributed by atoms with Crippen LogP contribution in [0.15, 0.2) is 48.5 Å². The van der Waals surface area contributed by atoms with Crippen molar-refractivity contribution < 1.29 is 9.59 Å². The van der Waals surface area contributed by atoms with Crippen LogP contribution in [0.4, 0.5) is 11.4 Å². The van der Waals surface area contributed by atoms with Gasteiger partial charge in [-0.3, -0.25) is 9.59 Å². The number of hydrogen-bond acceptors (Lipinski definition) is 3. The first-order valence-corrected chi connectivity index (χ1v) is 9.11. The number of amides is 2. The van der Waals surface area contributed by atoms with Gasteiger partial charge in [0.25, 0.3) is 0 Å². The zero-order chi connectivity index (χ0) is 18.5. The summed E-state index contributed by atoms with van der Waals surface area (Å²) in [4.78, 5) is 26.7. The van der Waals surface area contributed by atoms with Crippen LogP contribution in [0, 0.1) is 5.92 Å².